The number of aromatic nitrogens is 5. The van der Waals surface area contributed by atoms with Crippen LogP contribution in [-0.2, 0) is 20.5 Å². The molecule has 0 unspecified atom stereocenters. The molecule has 4 N–H and O–H groups in total. The van der Waals surface area contributed by atoms with E-state index in [1.165, 1.54) is 29.2 Å². The van der Waals surface area contributed by atoms with Crippen molar-refractivity contribution < 1.29 is 38.7 Å². The van der Waals surface area contributed by atoms with Gasteiger partial charge in [0, 0.05) is 62.1 Å². The number of carbonyl (C=O) groups excluding carboxylic acids is 4. The highest BCUT2D eigenvalue weighted by Crippen LogP contribution is 2.59. The third-order valence-electron chi connectivity index (χ3n) is 13.8. The summed E-state index contributed by atoms with van der Waals surface area (Å²) in [6.45, 7) is 10.6. The molecule has 3 aromatic carbocycles. The number of ketones is 1. The van der Waals surface area contributed by atoms with E-state index in [4.69, 9.17) is 9.31 Å². The van der Waals surface area contributed by atoms with Gasteiger partial charge in [0.2, 0.25) is 5.82 Å². The minimum atomic E-state index is -0.812. The molecule has 5 aromatic rings. The Balaban J connectivity index is 0.988. The van der Waals surface area contributed by atoms with E-state index in [0.717, 1.165) is 24.8 Å². The molecule has 16 nitrogen and oxygen atoms in total. The van der Waals surface area contributed by atoms with Crippen molar-refractivity contribution in [2.75, 3.05) is 20.1 Å². The monoisotopic (exact) mass is 924 g/mol. The van der Waals surface area contributed by atoms with Crippen molar-refractivity contribution in [3.05, 3.63) is 114 Å². The van der Waals surface area contributed by atoms with E-state index in [1.54, 1.807) is 49.2 Å². The van der Waals surface area contributed by atoms with Crippen molar-refractivity contribution in [1.29, 1.82) is 0 Å². The van der Waals surface area contributed by atoms with E-state index in [0.29, 0.717) is 55.1 Å². The predicted octanol–water partition coefficient (Wildman–Crippen LogP) is 6.96. The number of aromatic hydroxyl groups is 2. The highest BCUT2D eigenvalue weighted by molar-refractivity contribution is 6.47. The second-order valence-electron chi connectivity index (χ2n) is 19.4. The number of hydrogen-bond donors (Lipinski definition) is 4. The molecule has 0 spiro atoms. The number of nitrogens with one attached hydrogen (secondary N) is 2. The van der Waals surface area contributed by atoms with Crippen molar-refractivity contribution in [2.24, 2.45) is 17.8 Å². The number of phenols is 2. The van der Waals surface area contributed by atoms with Crippen molar-refractivity contribution in [1.82, 2.24) is 40.3 Å². The van der Waals surface area contributed by atoms with Crippen LogP contribution >= 0.6 is 0 Å². The van der Waals surface area contributed by atoms with Crippen LogP contribution in [0, 0.1) is 17.8 Å². The lowest BCUT2D eigenvalue weighted by molar-refractivity contribution is -0.131. The Morgan fingerprint density at radius 1 is 0.941 bits per heavy atom. The molecule has 3 saturated carbocycles. The molecule has 3 heterocycles. The van der Waals surface area contributed by atoms with Crippen LogP contribution in [0.5, 0.6) is 11.5 Å². The molecule has 2 bridgehead atoms. The van der Waals surface area contributed by atoms with E-state index in [1.807, 2.05) is 44.2 Å². The SMILES string of the molecule is CCNC(=O)c1nnc(-c2cc(C(C)C)c(O)cc2O)n1-c1ccc(C(=O)N(C)CC[C@]23OB([C@@H](CC(=O)[C@H](Cc4ccccc4)NC(=O)c4cnccn4)CC(C)C)O[C@H]2CC2CC3C2)cc1. The summed E-state index contributed by atoms with van der Waals surface area (Å²) in [6.07, 6.45) is 8.71. The number of amides is 3. The number of rotatable bonds is 19. The lowest BCUT2D eigenvalue weighted by Crippen LogP contribution is -2.59. The fourth-order valence-corrected chi connectivity index (χ4v) is 10.3. The molecule has 1 saturated heterocycles. The first kappa shape index (κ1) is 48.0. The number of nitrogens with zero attached hydrogens (tertiary/aromatic N) is 6. The van der Waals surface area contributed by atoms with Crippen molar-refractivity contribution >= 4 is 30.6 Å². The van der Waals surface area contributed by atoms with E-state index in [-0.39, 0.29) is 82.2 Å². The lowest BCUT2D eigenvalue weighted by atomic mass is 9.55. The highest BCUT2D eigenvalue weighted by Gasteiger charge is 2.64. The van der Waals surface area contributed by atoms with Crippen LogP contribution in [0.3, 0.4) is 0 Å². The Morgan fingerprint density at radius 2 is 1.69 bits per heavy atom. The van der Waals surface area contributed by atoms with Gasteiger partial charge in [-0.3, -0.25) is 28.7 Å². The average molecular weight is 925 g/mol. The third-order valence-corrected chi connectivity index (χ3v) is 13.8. The van der Waals surface area contributed by atoms with Crippen molar-refractivity contribution in [3.8, 4) is 28.6 Å². The fraction of sp³-hybridized carbons (Fsp3) is 0.451. The van der Waals surface area contributed by atoms with Gasteiger partial charge in [-0.2, -0.15) is 0 Å². The van der Waals surface area contributed by atoms with Crippen LogP contribution in [0.2, 0.25) is 5.82 Å². The smallest absolute Gasteiger partial charge is 0.461 e. The first-order valence-electron chi connectivity index (χ1n) is 23.8. The first-order chi connectivity index (χ1) is 32.6. The molecule has 9 rings (SSSR count). The Bertz CT molecular complexity index is 2610. The first-order valence-corrected chi connectivity index (χ1v) is 23.8. The largest absolute Gasteiger partial charge is 0.508 e. The summed E-state index contributed by atoms with van der Waals surface area (Å²) in [5.74, 6) is -0.669. The zero-order chi connectivity index (χ0) is 48.3. The molecular formula is C51H61BN8O8. The maximum atomic E-state index is 14.4. The molecule has 1 aliphatic heterocycles. The van der Waals surface area contributed by atoms with Gasteiger partial charge < -0.3 is 35.1 Å². The standard InChI is InChI=1S/C51H61BN8O8/c1-7-54-49(65)47-58-57-46(39-27-38(31(4)5)42(61)28-43(39)62)60(47)37-15-13-34(14-16-37)50(66)59(6)20-17-51-35-22-33(23-35)25-45(51)67-52(68-51)36(21-30(2)3)26-44(63)40(24-32-11-9-8-10-12-32)56-48(64)41-29-53-18-19-55-41/h8-16,18-19,27-31,33,35-36,40,45,61-62H,7,17,20-26H2,1-6H3,(H,54,65)(H,56,64)/t33?,35?,36-,40+,45+,51-/m1/s1. The average Bonchev–Trinajstić information content (AvgIpc) is 3.94. The molecule has 0 radical (unpaired) electrons. The molecular weight excluding hydrogens is 863 g/mol. The van der Waals surface area contributed by atoms with Crippen LogP contribution in [0.15, 0.2) is 85.3 Å². The summed E-state index contributed by atoms with van der Waals surface area (Å²) in [7, 11) is 1.13. The summed E-state index contributed by atoms with van der Waals surface area (Å²) in [6, 6.07) is 18.5. The third kappa shape index (κ3) is 10.0. The van der Waals surface area contributed by atoms with Gasteiger partial charge in [0.05, 0.1) is 29.5 Å². The number of benzene rings is 3. The van der Waals surface area contributed by atoms with Gasteiger partial charge in [0.25, 0.3) is 17.7 Å². The van der Waals surface area contributed by atoms with E-state index in [9.17, 15) is 29.4 Å². The number of phenolic OH excluding ortho intramolecular Hbond substituents is 2. The number of Topliss-reactive ketones (excluding diaryl/α,β-unsaturated/α-hetero) is 1. The van der Waals surface area contributed by atoms with Gasteiger partial charge in [-0.1, -0.05) is 58.0 Å². The zero-order valence-corrected chi connectivity index (χ0v) is 39.6. The minimum Gasteiger partial charge on any atom is -0.508 e. The van der Waals surface area contributed by atoms with Crippen molar-refractivity contribution in [3.63, 3.8) is 0 Å². The van der Waals surface area contributed by atoms with Gasteiger partial charge >= 0.3 is 7.12 Å². The molecule has 2 aromatic heterocycles. The highest BCUT2D eigenvalue weighted by atomic mass is 16.7. The van der Waals surface area contributed by atoms with E-state index in [2.05, 4.69) is 44.6 Å². The number of hydrogen-bond acceptors (Lipinski definition) is 12. The summed E-state index contributed by atoms with van der Waals surface area (Å²) < 4.78 is 15.5. The molecule has 4 aliphatic rings. The molecule has 17 heteroatoms. The fourth-order valence-electron chi connectivity index (χ4n) is 10.3. The van der Waals surface area contributed by atoms with E-state index < -0.39 is 30.6 Å². The van der Waals surface area contributed by atoms with Gasteiger partial charge in [0.15, 0.2) is 11.6 Å². The quantitative estimate of drug-likeness (QED) is 0.0620. The Labute approximate surface area is 397 Å². The van der Waals surface area contributed by atoms with Crippen LogP contribution in [0.1, 0.15) is 122 Å². The molecule has 3 aliphatic carbocycles. The van der Waals surface area contributed by atoms with Crippen LogP contribution in [0.25, 0.3) is 17.1 Å². The van der Waals surface area contributed by atoms with Crippen LogP contribution < -0.4 is 10.6 Å². The Morgan fingerprint density at radius 3 is 2.37 bits per heavy atom. The topological polar surface area (TPSA) is 211 Å². The maximum Gasteiger partial charge on any atom is 0.461 e. The minimum absolute atomic E-state index is 0.00891. The lowest BCUT2D eigenvalue weighted by Gasteiger charge is -2.55. The number of carbonyl (C=O) groups is 4. The summed E-state index contributed by atoms with van der Waals surface area (Å²) >= 11 is 0. The maximum absolute atomic E-state index is 14.4. The summed E-state index contributed by atoms with van der Waals surface area (Å²) in [5.41, 5.74) is 2.21. The van der Waals surface area contributed by atoms with Crippen molar-refractivity contribution in [2.45, 2.75) is 109 Å². The Hall–Kier alpha value is -6.46. The molecule has 4 fully saturated rings. The predicted molar refractivity (Wildman–Crippen MR) is 255 cm³/mol. The van der Waals surface area contributed by atoms with Gasteiger partial charge in [0.1, 0.15) is 17.2 Å². The molecule has 4 atom stereocenters. The zero-order valence-electron chi connectivity index (χ0n) is 39.6. The normalized spacial score (nSPS) is 20.4. The Kier molecular flexibility index (Phi) is 14.4. The summed E-state index contributed by atoms with van der Waals surface area (Å²) in [5, 5.41) is 35.7. The van der Waals surface area contributed by atoms with E-state index >= 15 is 0 Å². The van der Waals surface area contributed by atoms with Crippen LogP contribution in [0.4, 0.5) is 0 Å². The summed E-state index contributed by atoms with van der Waals surface area (Å²) in [4.78, 5) is 65.0. The van der Waals surface area contributed by atoms with Crippen LogP contribution in [-0.4, -0.2) is 108 Å². The second-order valence-corrected chi connectivity index (χ2v) is 19.4. The molecule has 68 heavy (non-hydrogen) atoms. The molecule has 3 amide bonds. The van der Waals surface area contributed by atoms with Gasteiger partial charge in [-0.05, 0) is 111 Å². The van der Waals surface area contributed by atoms with Gasteiger partial charge in [-0.15, -0.1) is 10.2 Å². The van der Waals surface area contributed by atoms with Gasteiger partial charge in [-0.25, -0.2) is 4.98 Å². The second kappa shape index (κ2) is 20.4. The molecule has 356 valence electrons.